The third-order valence-corrected chi connectivity index (χ3v) is 4.92. The summed E-state index contributed by atoms with van der Waals surface area (Å²) in [6.45, 7) is 1.95. The van der Waals surface area contributed by atoms with Gasteiger partial charge in [-0.15, -0.1) is 11.3 Å². The zero-order chi connectivity index (χ0) is 19.4. The predicted octanol–water partition coefficient (Wildman–Crippen LogP) is 4.40. The summed E-state index contributed by atoms with van der Waals surface area (Å²) in [5.74, 6) is 1.87. The maximum absolute atomic E-state index is 12.5. The minimum Gasteiger partial charge on any atom is -0.497 e. The molecule has 2 aromatic carbocycles. The normalized spacial score (nSPS) is 10.4. The number of hydrogen-bond acceptors (Lipinski definition) is 6. The summed E-state index contributed by atoms with van der Waals surface area (Å²) in [7, 11) is 4.81. The van der Waals surface area contributed by atoms with Gasteiger partial charge >= 0.3 is 0 Å². The smallest absolute Gasteiger partial charge is 0.257 e. The van der Waals surface area contributed by atoms with Gasteiger partial charge in [0.15, 0.2) is 5.13 Å². The summed E-state index contributed by atoms with van der Waals surface area (Å²) < 4.78 is 15.9. The molecule has 0 saturated carbocycles. The van der Waals surface area contributed by atoms with E-state index in [4.69, 9.17) is 14.2 Å². The van der Waals surface area contributed by atoms with Crippen LogP contribution in [0.3, 0.4) is 0 Å². The van der Waals surface area contributed by atoms with E-state index < -0.39 is 0 Å². The highest BCUT2D eigenvalue weighted by molar-refractivity contribution is 7.16. The number of hydrogen-bond donors (Lipinski definition) is 1. The molecule has 7 heteroatoms. The van der Waals surface area contributed by atoms with Crippen molar-refractivity contribution in [2.75, 3.05) is 26.6 Å². The Hall–Kier alpha value is -3.06. The first-order valence-corrected chi connectivity index (χ1v) is 9.02. The van der Waals surface area contributed by atoms with Gasteiger partial charge in [-0.2, -0.15) is 0 Å². The van der Waals surface area contributed by atoms with Gasteiger partial charge in [0.2, 0.25) is 0 Å². The van der Waals surface area contributed by atoms with Crippen molar-refractivity contribution in [1.82, 2.24) is 4.98 Å². The van der Waals surface area contributed by atoms with Crippen molar-refractivity contribution < 1.29 is 19.0 Å². The number of methoxy groups -OCH3 is 3. The van der Waals surface area contributed by atoms with Crippen molar-refractivity contribution in [3.8, 4) is 28.5 Å². The van der Waals surface area contributed by atoms with Gasteiger partial charge in [0, 0.05) is 16.0 Å². The number of aromatic nitrogens is 1. The molecular weight excluding hydrogens is 364 g/mol. The largest absolute Gasteiger partial charge is 0.497 e. The highest BCUT2D eigenvalue weighted by atomic mass is 32.1. The second-order valence-electron chi connectivity index (χ2n) is 5.67. The highest BCUT2D eigenvalue weighted by Gasteiger charge is 2.17. The Morgan fingerprint density at radius 2 is 1.63 bits per heavy atom. The van der Waals surface area contributed by atoms with Gasteiger partial charge in [-0.3, -0.25) is 10.1 Å². The van der Waals surface area contributed by atoms with Gasteiger partial charge in [-0.1, -0.05) is 0 Å². The molecule has 140 valence electrons. The van der Waals surface area contributed by atoms with Crippen LogP contribution in [0.1, 0.15) is 15.2 Å². The van der Waals surface area contributed by atoms with Crippen molar-refractivity contribution in [2.24, 2.45) is 0 Å². The molecule has 0 spiro atoms. The molecule has 1 aromatic heterocycles. The third kappa shape index (κ3) is 4.03. The number of rotatable bonds is 6. The summed E-state index contributed by atoms with van der Waals surface area (Å²) in [5.41, 5.74) is 2.10. The Bertz CT molecular complexity index is 951. The van der Waals surface area contributed by atoms with Crippen LogP contribution in [-0.2, 0) is 0 Å². The van der Waals surface area contributed by atoms with E-state index in [1.807, 2.05) is 25.1 Å². The standard InChI is InChI=1S/C20H20N2O4S/c1-12-18(16-11-15(25-3)9-10-17(16)26-4)21-20(27-12)22-19(23)13-5-7-14(24-2)8-6-13/h5-11H,1-4H3,(H,21,22,23). The SMILES string of the molecule is COc1ccc(C(=O)Nc2nc(-c3cc(OC)ccc3OC)c(C)s2)cc1. The van der Waals surface area contributed by atoms with E-state index in [2.05, 4.69) is 10.3 Å². The number of thiazole rings is 1. The molecule has 3 aromatic rings. The van der Waals surface area contributed by atoms with Crippen LogP contribution in [-0.4, -0.2) is 32.2 Å². The van der Waals surface area contributed by atoms with Gasteiger partial charge in [-0.05, 0) is 49.4 Å². The molecule has 0 aliphatic carbocycles. The van der Waals surface area contributed by atoms with E-state index in [0.29, 0.717) is 27.9 Å². The average molecular weight is 384 g/mol. The number of nitrogens with one attached hydrogen (secondary N) is 1. The van der Waals surface area contributed by atoms with Crippen molar-refractivity contribution in [1.29, 1.82) is 0 Å². The molecule has 0 unspecified atom stereocenters. The number of ether oxygens (including phenoxy) is 3. The van der Waals surface area contributed by atoms with Crippen LogP contribution in [0.5, 0.6) is 17.2 Å². The van der Waals surface area contributed by atoms with Gasteiger partial charge in [0.05, 0.1) is 27.0 Å². The highest BCUT2D eigenvalue weighted by Crippen LogP contribution is 2.38. The molecule has 0 aliphatic heterocycles. The average Bonchev–Trinajstić information content (AvgIpc) is 3.07. The van der Waals surface area contributed by atoms with E-state index in [-0.39, 0.29) is 5.91 Å². The lowest BCUT2D eigenvalue weighted by atomic mass is 10.1. The van der Waals surface area contributed by atoms with E-state index in [1.54, 1.807) is 45.6 Å². The number of carbonyl (C=O) groups excluding carboxylic acids is 1. The molecule has 0 fully saturated rings. The van der Waals surface area contributed by atoms with Crippen LogP contribution in [0.2, 0.25) is 0 Å². The van der Waals surface area contributed by atoms with Crippen LogP contribution >= 0.6 is 11.3 Å². The summed E-state index contributed by atoms with van der Waals surface area (Å²) >= 11 is 1.41. The maximum atomic E-state index is 12.5. The predicted molar refractivity (Wildman–Crippen MR) is 106 cm³/mol. The van der Waals surface area contributed by atoms with Crippen LogP contribution < -0.4 is 19.5 Å². The molecule has 0 aliphatic rings. The molecule has 0 bridgehead atoms. The zero-order valence-corrected chi connectivity index (χ0v) is 16.3. The Kier molecular flexibility index (Phi) is 5.61. The Morgan fingerprint density at radius 3 is 2.26 bits per heavy atom. The lowest BCUT2D eigenvalue weighted by Gasteiger charge is -2.09. The van der Waals surface area contributed by atoms with Crippen LogP contribution in [0.4, 0.5) is 5.13 Å². The molecular formula is C20H20N2O4S. The van der Waals surface area contributed by atoms with Crippen LogP contribution in [0.25, 0.3) is 11.3 Å². The number of anilines is 1. The summed E-state index contributed by atoms with van der Waals surface area (Å²) in [6, 6.07) is 12.4. The monoisotopic (exact) mass is 384 g/mol. The van der Waals surface area contributed by atoms with Crippen molar-refractivity contribution in [2.45, 2.75) is 6.92 Å². The quantitative estimate of drug-likeness (QED) is 0.682. The molecule has 0 saturated heterocycles. The number of aryl methyl sites for hydroxylation is 1. The van der Waals surface area contributed by atoms with E-state index in [0.717, 1.165) is 16.1 Å². The Balaban J connectivity index is 1.87. The summed E-state index contributed by atoms with van der Waals surface area (Å²) in [4.78, 5) is 18.0. The van der Waals surface area contributed by atoms with Crippen LogP contribution in [0, 0.1) is 6.92 Å². The lowest BCUT2D eigenvalue weighted by Crippen LogP contribution is -2.11. The number of nitrogens with zero attached hydrogens (tertiary/aromatic N) is 1. The van der Waals surface area contributed by atoms with Crippen molar-refractivity contribution in [3.05, 3.63) is 52.9 Å². The van der Waals surface area contributed by atoms with Gasteiger partial charge < -0.3 is 14.2 Å². The van der Waals surface area contributed by atoms with Crippen LogP contribution in [0.15, 0.2) is 42.5 Å². The molecule has 1 heterocycles. The molecule has 0 radical (unpaired) electrons. The minimum atomic E-state index is -0.226. The van der Waals surface area contributed by atoms with E-state index in [9.17, 15) is 4.79 Å². The molecule has 1 N–H and O–H groups in total. The third-order valence-electron chi connectivity index (χ3n) is 4.03. The number of benzene rings is 2. The fourth-order valence-corrected chi connectivity index (χ4v) is 3.43. The number of carbonyl (C=O) groups is 1. The second kappa shape index (κ2) is 8.09. The molecule has 1 amide bonds. The zero-order valence-electron chi connectivity index (χ0n) is 15.5. The van der Waals surface area contributed by atoms with Crippen molar-refractivity contribution >= 4 is 22.4 Å². The topological polar surface area (TPSA) is 69.7 Å². The second-order valence-corrected chi connectivity index (χ2v) is 6.88. The summed E-state index contributed by atoms with van der Waals surface area (Å²) in [5, 5.41) is 3.37. The van der Waals surface area contributed by atoms with Crippen molar-refractivity contribution in [3.63, 3.8) is 0 Å². The van der Waals surface area contributed by atoms with Gasteiger partial charge in [0.1, 0.15) is 17.2 Å². The first kappa shape index (κ1) is 18.7. The molecule has 3 rings (SSSR count). The molecule has 0 atom stereocenters. The fraction of sp³-hybridized carbons (Fsp3) is 0.200. The van der Waals surface area contributed by atoms with Gasteiger partial charge in [-0.25, -0.2) is 4.98 Å². The molecule has 6 nitrogen and oxygen atoms in total. The first-order chi connectivity index (χ1) is 13.0. The minimum absolute atomic E-state index is 0.226. The van der Waals surface area contributed by atoms with Gasteiger partial charge in [0.25, 0.3) is 5.91 Å². The fourth-order valence-electron chi connectivity index (χ4n) is 2.61. The Labute approximate surface area is 161 Å². The summed E-state index contributed by atoms with van der Waals surface area (Å²) in [6.07, 6.45) is 0. The van der Waals surface area contributed by atoms with E-state index >= 15 is 0 Å². The lowest BCUT2D eigenvalue weighted by molar-refractivity contribution is 0.102. The first-order valence-electron chi connectivity index (χ1n) is 8.21. The van der Waals surface area contributed by atoms with E-state index in [1.165, 1.54) is 11.3 Å². The molecule has 27 heavy (non-hydrogen) atoms. The Morgan fingerprint density at radius 1 is 0.963 bits per heavy atom. The maximum Gasteiger partial charge on any atom is 0.257 e. The number of amides is 1.